The van der Waals surface area contributed by atoms with E-state index in [2.05, 4.69) is 0 Å². The number of hydrogen-bond acceptors (Lipinski definition) is 4. The Morgan fingerprint density at radius 1 is 0.700 bits per heavy atom. The van der Waals surface area contributed by atoms with Gasteiger partial charge >= 0.3 is 0 Å². The van der Waals surface area contributed by atoms with Crippen molar-refractivity contribution in [1.29, 1.82) is 0 Å². The van der Waals surface area contributed by atoms with E-state index in [1.807, 2.05) is 54.6 Å². The molecule has 2 rings (SSSR count). The molecule has 106 valence electrons. The summed E-state index contributed by atoms with van der Waals surface area (Å²) in [5.41, 5.74) is 0. The third-order valence-electron chi connectivity index (χ3n) is 2.53. The van der Waals surface area contributed by atoms with Crippen molar-refractivity contribution >= 4 is 0 Å². The molecule has 0 aliphatic rings. The molecule has 0 aliphatic heterocycles. The number of para-hydroxylation sites is 1. The molecule has 2 aromatic carbocycles. The molecule has 0 saturated carbocycles. The molecule has 0 saturated heterocycles. The standard InChI is InChI=1S/C16H18O4/c17-10-11-18-12-13-19-14-6-8-16(9-7-14)20-15-4-2-1-3-5-15/h1-9,17H,10-13H2. The molecule has 4 nitrogen and oxygen atoms in total. The SMILES string of the molecule is OCCOCCOc1ccc(Oc2ccccc2)cc1. The summed E-state index contributed by atoms with van der Waals surface area (Å²) in [5, 5.41) is 8.55. The van der Waals surface area contributed by atoms with Crippen LogP contribution >= 0.6 is 0 Å². The number of aliphatic hydroxyl groups excluding tert-OH is 1. The normalized spacial score (nSPS) is 10.2. The second kappa shape index (κ2) is 8.19. The number of hydrogen-bond donors (Lipinski definition) is 1. The molecule has 2 aromatic rings. The van der Waals surface area contributed by atoms with E-state index in [0.717, 1.165) is 17.2 Å². The van der Waals surface area contributed by atoms with Crippen molar-refractivity contribution in [2.45, 2.75) is 0 Å². The topological polar surface area (TPSA) is 47.9 Å². The van der Waals surface area contributed by atoms with Gasteiger partial charge in [0.05, 0.1) is 19.8 Å². The lowest BCUT2D eigenvalue weighted by atomic mass is 10.3. The van der Waals surface area contributed by atoms with E-state index in [1.165, 1.54) is 0 Å². The zero-order valence-electron chi connectivity index (χ0n) is 11.2. The number of ether oxygens (including phenoxy) is 3. The van der Waals surface area contributed by atoms with E-state index in [0.29, 0.717) is 19.8 Å². The van der Waals surface area contributed by atoms with Crippen molar-refractivity contribution in [2.24, 2.45) is 0 Å². The number of benzene rings is 2. The summed E-state index contributed by atoms with van der Waals surface area (Å²) in [4.78, 5) is 0. The molecule has 0 spiro atoms. The lowest BCUT2D eigenvalue weighted by Crippen LogP contribution is -2.08. The summed E-state index contributed by atoms with van der Waals surface area (Å²) >= 11 is 0. The smallest absolute Gasteiger partial charge is 0.127 e. The molecule has 0 aromatic heterocycles. The van der Waals surface area contributed by atoms with Crippen LogP contribution in [0.1, 0.15) is 0 Å². The van der Waals surface area contributed by atoms with E-state index in [-0.39, 0.29) is 6.61 Å². The maximum absolute atomic E-state index is 8.55. The molecular formula is C16H18O4. The van der Waals surface area contributed by atoms with Crippen LogP contribution in [0.4, 0.5) is 0 Å². The van der Waals surface area contributed by atoms with Crippen molar-refractivity contribution in [3.63, 3.8) is 0 Å². The Labute approximate surface area is 118 Å². The summed E-state index contributed by atoms with van der Waals surface area (Å²) < 4.78 is 16.3. The summed E-state index contributed by atoms with van der Waals surface area (Å²) in [6.07, 6.45) is 0. The first kappa shape index (κ1) is 14.4. The zero-order valence-corrected chi connectivity index (χ0v) is 11.2. The molecule has 0 unspecified atom stereocenters. The molecule has 0 heterocycles. The average molecular weight is 274 g/mol. The highest BCUT2D eigenvalue weighted by Gasteiger charge is 1.98. The fourth-order valence-corrected chi connectivity index (χ4v) is 1.61. The largest absolute Gasteiger partial charge is 0.491 e. The van der Waals surface area contributed by atoms with Gasteiger partial charge in [0.2, 0.25) is 0 Å². The minimum Gasteiger partial charge on any atom is -0.491 e. The van der Waals surface area contributed by atoms with Crippen LogP contribution in [-0.4, -0.2) is 31.5 Å². The molecule has 0 atom stereocenters. The summed E-state index contributed by atoms with van der Waals surface area (Å²) in [6.45, 7) is 1.29. The van der Waals surface area contributed by atoms with Gasteiger partial charge in [-0.3, -0.25) is 0 Å². The third kappa shape index (κ3) is 4.91. The first-order valence-corrected chi connectivity index (χ1v) is 6.53. The highest BCUT2D eigenvalue weighted by Crippen LogP contribution is 2.23. The summed E-state index contributed by atoms with van der Waals surface area (Å²) in [7, 11) is 0. The Bertz CT molecular complexity index is 482. The molecule has 0 aliphatic carbocycles. The minimum atomic E-state index is 0.0333. The number of aliphatic hydroxyl groups is 1. The van der Waals surface area contributed by atoms with Gasteiger partial charge in [0.25, 0.3) is 0 Å². The fourth-order valence-electron chi connectivity index (χ4n) is 1.61. The highest BCUT2D eigenvalue weighted by molar-refractivity contribution is 5.35. The van der Waals surface area contributed by atoms with Gasteiger partial charge in [-0.25, -0.2) is 0 Å². The fraction of sp³-hybridized carbons (Fsp3) is 0.250. The van der Waals surface area contributed by atoms with Crippen molar-refractivity contribution < 1.29 is 19.3 Å². The first-order valence-electron chi connectivity index (χ1n) is 6.53. The Kier molecular flexibility index (Phi) is 5.89. The Hall–Kier alpha value is -2.04. The van der Waals surface area contributed by atoms with E-state index in [9.17, 15) is 0 Å². The highest BCUT2D eigenvalue weighted by atomic mass is 16.5. The van der Waals surface area contributed by atoms with Crippen LogP contribution in [-0.2, 0) is 4.74 Å². The lowest BCUT2D eigenvalue weighted by Gasteiger charge is -2.08. The molecule has 0 bridgehead atoms. The maximum atomic E-state index is 8.55. The van der Waals surface area contributed by atoms with Gasteiger partial charge in [0.1, 0.15) is 23.9 Å². The molecular weight excluding hydrogens is 256 g/mol. The van der Waals surface area contributed by atoms with Crippen molar-refractivity contribution in [1.82, 2.24) is 0 Å². The first-order chi connectivity index (χ1) is 9.88. The Morgan fingerprint density at radius 2 is 1.35 bits per heavy atom. The van der Waals surface area contributed by atoms with Crippen LogP contribution in [0.15, 0.2) is 54.6 Å². The quantitative estimate of drug-likeness (QED) is 0.752. The monoisotopic (exact) mass is 274 g/mol. The summed E-state index contributed by atoms with van der Waals surface area (Å²) in [6, 6.07) is 17.0. The average Bonchev–Trinajstić information content (AvgIpc) is 2.50. The van der Waals surface area contributed by atoms with Crippen LogP contribution in [0.2, 0.25) is 0 Å². The van der Waals surface area contributed by atoms with Crippen LogP contribution in [0.5, 0.6) is 17.2 Å². The second-order valence-electron chi connectivity index (χ2n) is 4.07. The molecule has 1 N–H and O–H groups in total. The van der Waals surface area contributed by atoms with Gasteiger partial charge in [0, 0.05) is 0 Å². The molecule has 0 fully saturated rings. The van der Waals surface area contributed by atoms with E-state index in [1.54, 1.807) is 0 Å². The minimum absolute atomic E-state index is 0.0333. The second-order valence-corrected chi connectivity index (χ2v) is 4.07. The van der Waals surface area contributed by atoms with Gasteiger partial charge in [-0.2, -0.15) is 0 Å². The van der Waals surface area contributed by atoms with Crippen LogP contribution in [0.3, 0.4) is 0 Å². The molecule has 0 radical (unpaired) electrons. The Balaban J connectivity index is 1.78. The van der Waals surface area contributed by atoms with E-state index in [4.69, 9.17) is 19.3 Å². The van der Waals surface area contributed by atoms with E-state index >= 15 is 0 Å². The predicted molar refractivity (Wildman–Crippen MR) is 76.4 cm³/mol. The lowest BCUT2D eigenvalue weighted by molar-refractivity contribution is 0.0705. The van der Waals surface area contributed by atoms with Crippen LogP contribution in [0.25, 0.3) is 0 Å². The molecule has 20 heavy (non-hydrogen) atoms. The van der Waals surface area contributed by atoms with Gasteiger partial charge in [-0.15, -0.1) is 0 Å². The van der Waals surface area contributed by atoms with E-state index < -0.39 is 0 Å². The van der Waals surface area contributed by atoms with Gasteiger partial charge < -0.3 is 19.3 Å². The molecule has 4 heteroatoms. The molecule has 0 amide bonds. The predicted octanol–water partition coefficient (Wildman–Crippen LogP) is 2.87. The zero-order chi connectivity index (χ0) is 14.0. The van der Waals surface area contributed by atoms with Crippen LogP contribution < -0.4 is 9.47 Å². The van der Waals surface area contributed by atoms with Gasteiger partial charge in [0.15, 0.2) is 0 Å². The Morgan fingerprint density at radius 3 is 2.05 bits per heavy atom. The van der Waals surface area contributed by atoms with Crippen molar-refractivity contribution in [3.8, 4) is 17.2 Å². The number of rotatable bonds is 8. The third-order valence-corrected chi connectivity index (χ3v) is 2.53. The summed E-state index contributed by atoms with van der Waals surface area (Å²) in [5.74, 6) is 2.33. The van der Waals surface area contributed by atoms with Gasteiger partial charge in [-0.1, -0.05) is 18.2 Å². The van der Waals surface area contributed by atoms with Crippen molar-refractivity contribution in [2.75, 3.05) is 26.4 Å². The van der Waals surface area contributed by atoms with Crippen molar-refractivity contribution in [3.05, 3.63) is 54.6 Å². The van der Waals surface area contributed by atoms with Crippen LogP contribution in [0, 0.1) is 0 Å². The maximum Gasteiger partial charge on any atom is 0.127 e. The van der Waals surface area contributed by atoms with Gasteiger partial charge in [-0.05, 0) is 36.4 Å².